The molecule has 0 aliphatic heterocycles. The molecule has 0 radical (unpaired) electrons. The van der Waals surface area contributed by atoms with Crippen LogP contribution in [0.4, 0.5) is 4.39 Å². The average Bonchev–Trinajstić information content (AvgIpc) is 2.36. The molecule has 0 fully saturated rings. The van der Waals surface area contributed by atoms with Crippen LogP contribution in [0.25, 0.3) is 0 Å². The van der Waals surface area contributed by atoms with Crippen molar-refractivity contribution in [1.29, 1.82) is 0 Å². The first kappa shape index (κ1) is 16.5. The minimum atomic E-state index is -4.05. The number of rotatable bonds is 7. The summed E-state index contributed by atoms with van der Waals surface area (Å²) in [6, 6.07) is 3.72. The van der Waals surface area contributed by atoms with E-state index in [9.17, 15) is 17.6 Å². The monoisotopic (exact) mass is 305 g/mol. The molecule has 8 heteroatoms. The second-order valence-corrected chi connectivity index (χ2v) is 5.98. The number of nitrogens with one attached hydrogen (secondary N) is 1. The predicted octanol–water partition coefficient (Wildman–Crippen LogP) is 0.902. The highest BCUT2D eigenvalue weighted by Gasteiger charge is 2.21. The minimum Gasteiger partial charge on any atom is -0.481 e. The largest absolute Gasteiger partial charge is 0.481 e. The van der Waals surface area contributed by atoms with Crippen LogP contribution in [0.2, 0.25) is 0 Å². The highest BCUT2D eigenvalue weighted by atomic mass is 32.2. The Labute approximate surface area is 116 Å². The van der Waals surface area contributed by atoms with Crippen molar-refractivity contribution in [3.8, 4) is 0 Å². The van der Waals surface area contributed by atoms with Crippen LogP contribution in [-0.4, -0.2) is 39.3 Å². The standard InChI is InChI=1S/C12H16FNO5S/c1-8-3-4-10(13)11(5-8)20(17,18)14-7-9(19-2)6-12(15)16/h3-5,9,14H,6-7H2,1-2H3,(H,15,16). The Morgan fingerprint density at radius 3 is 2.70 bits per heavy atom. The Morgan fingerprint density at radius 1 is 1.50 bits per heavy atom. The van der Waals surface area contributed by atoms with Gasteiger partial charge in [-0.1, -0.05) is 6.07 Å². The van der Waals surface area contributed by atoms with Crippen LogP contribution in [0, 0.1) is 12.7 Å². The molecule has 1 rings (SSSR count). The Balaban J connectivity index is 2.84. The number of carboxylic acid groups (broad SMARTS) is 1. The summed E-state index contributed by atoms with van der Waals surface area (Å²) in [5, 5.41) is 8.62. The topological polar surface area (TPSA) is 92.7 Å². The van der Waals surface area contributed by atoms with Gasteiger partial charge in [-0.2, -0.15) is 0 Å². The lowest BCUT2D eigenvalue weighted by Crippen LogP contribution is -2.34. The molecule has 1 aromatic rings. The molecule has 6 nitrogen and oxygen atoms in total. The number of aliphatic carboxylic acids is 1. The van der Waals surface area contributed by atoms with Gasteiger partial charge >= 0.3 is 5.97 Å². The first-order valence-electron chi connectivity index (χ1n) is 5.76. The third-order valence-electron chi connectivity index (χ3n) is 2.61. The van der Waals surface area contributed by atoms with E-state index in [1.807, 2.05) is 0 Å². The van der Waals surface area contributed by atoms with Crippen molar-refractivity contribution in [3.63, 3.8) is 0 Å². The van der Waals surface area contributed by atoms with Gasteiger partial charge in [0.25, 0.3) is 0 Å². The van der Waals surface area contributed by atoms with Gasteiger partial charge in [0.15, 0.2) is 0 Å². The highest BCUT2D eigenvalue weighted by molar-refractivity contribution is 7.89. The smallest absolute Gasteiger partial charge is 0.306 e. The van der Waals surface area contributed by atoms with E-state index in [2.05, 4.69) is 4.72 Å². The molecule has 1 unspecified atom stereocenters. The minimum absolute atomic E-state index is 0.251. The Bertz CT molecular complexity index is 588. The lowest BCUT2D eigenvalue weighted by molar-refractivity contribution is -0.139. The van der Waals surface area contributed by atoms with E-state index < -0.39 is 32.8 Å². The molecule has 0 spiro atoms. The van der Waals surface area contributed by atoms with Crippen molar-refractivity contribution in [2.75, 3.05) is 13.7 Å². The van der Waals surface area contributed by atoms with Crippen LogP contribution < -0.4 is 4.72 Å². The van der Waals surface area contributed by atoms with Crippen LogP contribution in [-0.2, 0) is 19.6 Å². The Kier molecular flexibility index (Phi) is 5.61. The van der Waals surface area contributed by atoms with Gasteiger partial charge < -0.3 is 9.84 Å². The van der Waals surface area contributed by atoms with Gasteiger partial charge in [0.2, 0.25) is 10.0 Å². The molecule has 2 N–H and O–H groups in total. The van der Waals surface area contributed by atoms with Crippen molar-refractivity contribution in [2.24, 2.45) is 0 Å². The molecule has 0 aliphatic rings. The molecule has 0 amide bonds. The summed E-state index contributed by atoms with van der Waals surface area (Å²) < 4.78 is 44.4. The molecule has 0 aromatic heterocycles. The molecule has 112 valence electrons. The highest BCUT2D eigenvalue weighted by Crippen LogP contribution is 2.16. The zero-order valence-electron chi connectivity index (χ0n) is 11.1. The summed E-state index contributed by atoms with van der Waals surface area (Å²) in [6.45, 7) is 1.39. The van der Waals surface area contributed by atoms with Crippen molar-refractivity contribution < 1.29 is 27.4 Å². The molecule has 0 heterocycles. The molecule has 1 atom stereocenters. The van der Waals surface area contributed by atoms with Gasteiger partial charge in [-0.3, -0.25) is 4.79 Å². The fourth-order valence-electron chi connectivity index (χ4n) is 1.53. The first-order chi connectivity index (χ1) is 9.26. The second-order valence-electron chi connectivity index (χ2n) is 4.24. The summed E-state index contributed by atoms with van der Waals surface area (Å²) in [4.78, 5) is 10.1. The van der Waals surface area contributed by atoms with Crippen LogP contribution >= 0.6 is 0 Å². The van der Waals surface area contributed by atoms with Crippen LogP contribution in [0.3, 0.4) is 0 Å². The molecule has 0 bridgehead atoms. The first-order valence-corrected chi connectivity index (χ1v) is 7.25. The van der Waals surface area contributed by atoms with Gasteiger partial charge in [0, 0.05) is 13.7 Å². The maximum absolute atomic E-state index is 13.5. The van der Waals surface area contributed by atoms with Crippen LogP contribution in [0.1, 0.15) is 12.0 Å². The number of hydrogen-bond acceptors (Lipinski definition) is 4. The Hall–Kier alpha value is -1.51. The van der Waals surface area contributed by atoms with Crippen LogP contribution in [0.15, 0.2) is 23.1 Å². The third-order valence-corrected chi connectivity index (χ3v) is 4.05. The molecule has 0 saturated heterocycles. The zero-order valence-corrected chi connectivity index (χ0v) is 11.9. The van der Waals surface area contributed by atoms with Gasteiger partial charge in [0.05, 0.1) is 12.5 Å². The molecule has 20 heavy (non-hydrogen) atoms. The molecular formula is C12H16FNO5S. The number of halogens is 1. The predicted molar refractivity (Wildman–Crippen MR) is 69.4 cm³/mol. The van der Waals surface area contributed by atoms with Gasteiger partial charge in [-0.25, -0.2) is 17.5 Å². The van der Waals surface area contributed by atoms with Gasteiger partial charge in [-0.15, -0.1) is 0 Å². The SMILES string of the molecule is COC(CNS(=O)(=O)c1cc(C)ccc1F)CC(=O)O. The van der Waals surface area contributed by atoms with E-state index in [-0.39, 0.29) is 13.0 Å². The van der Waals surface area contributed by atoms with E-state index in [4.69, 9.17) is 9.84 Å². The van der Waals surface area contributed by atoms with Crippen molar-refractivity contribution in [3.05, 3.63) is 29.6 Å². The Morgan fingerprint density at radius 2 is 2.15 bits per heavy atom. The number of sulfonamides is 1. The second kappa shape index (κ2) is 6.78. The van der Waals surface area contributed by atoms with Crippen molar-refractivity contribution >= 4 is 16.0 Å². The number of methoxy groups -OCH3 is 1. The van der Waals surface area contributed by atoms with Gasteiger partial charge in [0.1, 0.15) is 10.7 Å². The van der Waals surface area contributed by atoms with E-state index in [1.165, 1.54) is 19.2 Å². The van der Waals surface area contributed by atoms with E-state index >= 15 is 0 Å². The quantitative estimate of drug-likeness (QED) is 0.781. The number of carbonyl (C=O) groups is 1. The number of benzene rings is 1. The van der Waals surface area contributed by atoms with Crippen molar-refractivity contribution in [1.82, 2.24) is 4.72 Å². The average molecular weight is 305 g/mol. The van der Waals surface area contributed by atoms with Gasteiger partial charge in [-0.05, 0) is 24.6 Å². The fraction of sp³-hybridized carbons (Fsp3) is 0.417. The number of carboxylic acids is 1. The number of ether oxygens (including phenoxy) is 1. The normalized spacial score (nSPS) is 13.2. The van der Waals surface area contributed by atoms with E-state index in [0.717, 1.165) is 6.07 Å². The van der Waals surface area contributed by atoms with E-state index in [1.54, 1.807) is 6.92 Å². The maximum Gasteiger partial charge on any atom is 0.306 e. The summed E-state index contributed by atoms with van der Waals surface area (Å²) in [7, 11) is -2.78. The molecule has 0 saturated carbocycles. The summed E-state index contributed by atoms with van der Waals surface area (Å²) in [5.74, 6) is -1.98. The molecular weight excluding hydrogens is 289 g/mol. The number of aryl methyl sites for hydroxylation is 1. The maximum atomic E-state index is 13.5. The van der Waals surface area contributed by atoms with Crippen LogP contribution in [0.5, 0.6) is 0 Å². The van der Waals surface area contributed by atoms with E-state index in [0.29, 0.717) is 5.56 Å². The third kappa shape index (κ3) is 4.55. The van der Waals surface area contributed by atoms with Crippen molar-refractivity contribution in [2.45, 2.75) is 24.3 Å². The molecule has 0 aliphatic carbocycles. The lowest BCUT2D eigenvalue weighted by atomic mass is 10.2. The summed E-state index contributed by atoms with van der Waals surface area (Å²) in [5.41, 5.74) is 0.598. The zero-order chi connectivity index (χ0) is 15.3. The summed E-state index contributed by atoms with van der Waals surface area (Å²) >= 11 is 0. The fourth-order valence-corrected chi connectivity index (χ4v) is 2.76. The summed E-state index contributed by atoms with van der Waals surface area (Å²) in [6.07, 6.45) is -1.18. The lowest BCUT2D eigenvalue weighted by Gasteiger charge is -2.14. The number of hydrogen-bond donors (Lipinski definition) is 2. The molecule has 1 aromatic carbocycles.